The van der Waals surface area contributed by atoms with Gasteiger partial charge in [0.05, 0.1) is 10.2 Å². The maximum Gasteiger partial charge on any atom is 0.410 e. The smallest absolute Gasteiger partial charge is 0.410 e. The third-order valence-electron chi connectivity index (χ3n) is 5.39. The van der Waals surface area contributed by atoms with E-state index >= 15 is 0 Å². The van der Waals surface area contributed by atoms with Crippen LogP contribution in [0.4, 0.5) is 10.5 Å². The van der Waals surface area contributed by atoms with Crippen LogP contribution in [0.3, 0.4) is 0 Å². The van der Waals surface area contributed by atoms with Gasteiger partial charge in [-0.3, -0.25) is 4.98 Å². The first-order valence-corrected chi connectivity index (χ1v) is 9.90. The normalized spacial score (nSPS) is 20.6. The Labute approximate surface area is 158 Å². The fourth-order valence-electron chi connectivity index (χ4n) is 3.84. The Kier molecular flexibility index (Phi) is 5.28. The Morgan fingerprint density at radius 3 is 2.32 bits per heavy atom. The summed E-state index contributed by atoms with van der Waals surface area (Å²) in [6, 6.07) is 2.08. The number of nitrogens with zero attached hydrogens (tertiary/aromatic N) is 3. The second kappa shape index (κ2) is 7.14. The van der Waals surface area contributed by atoms with Crippen molar-refractivity contribution in [2.75, 3.05) is 31.1 Å². The topological polar surface area (TPSA) is 45.7 Å². The van der Waals surface area contributed by atoms with E-state index in [1.54, 1.807) is 0 Å². The molecule has 3 heterocycles. The van der Waals surface area contributed by atoms with E-state index in [1.807, 2.05) is 38.1 Å². The number of likely N-dealkylation sites (tertiary alicyclic amines) is 1. The summed E-state index contributed by atoms with van der Waals surface area (Å²) in [5.74, 6) is 0. The minimum atomic E-state index is -0.421. The molecule has 1 aromatic rings. The molecule has 1 amide bonds. The number of halogens is 1. The molecular formula is C19H28BrN3O2. The van der Waals surface area contributed by atoms with Crippen LogP contribution < -0.4 is 4.90 Å². The third kappa shape index (κ3) is 4.46. The molecule has 0 aromatic carbocycles. The number of aromatic nitrogens is 1. The highest BCUT2D eigenvalue weighted by atomic mass is 79.9. The van der Waals surface area contributed by atoms with Crippen molar-refractivity contribution in [2.45, 2.75) is 52.1 Å². The minimum Gasteiger partial charge on any atom is -0.444 e. The van der Waals surface area contributed by atoms with Gasteiger partial charge in [-0.05, 0) is 73.9 Å². The lowest BCUT2D eigenvalue weighted by Gasteiger charge is -2.47. The van der Waals surface area contributed by atoms with Gasteiger partial charge in [0.1, 0.15) is 5.60 Å². The zero-order valence-electron chi connectivity index (χ0n) is 15.4. The number of ether oxygens (including phenoxy) is 1. The van der Waals surface area contributed by atoms with Crippen molar-refractivity contribution in [1.29, 1.82) is 0 Å². The van der Waals surface area contributed by atoms with Crippen molar-refractivity contribution in [3.63, 3.8) is 0 Å². The average molecular weight is 410 g/mol. The molecule has 5 nitrogen and oxygen atoms in total. The summed E-state index contributed by atoms with van der Waals surface area (Å²) in [6.45, 7) is 9.52. The van der Waals surface area contributed by atoms with E-state index in [2.05, 4.69) is 31.9 Å². The Balaban J connectivity index is 1.54. The second-order valence-corrected chi connectivity index (χ2v) is 9.14. The molecule has 0 atom stereocenters. The molecule has 2 fully saturated rings. The lowest BCUT2D eigenvalue weighted by atomic mass is 9.71. The monoisotopic (exact) mass is 409 g/mol. The number of anilines is 1. The number of pyridine rings is 1. The molecule has 6 heteroatoms. The molecular weight excluding hydrogens is 382 g/mol. The van der Waals surface area contributed by atoms with E-state index in [0.29, 0.717) is 5.41 Å². The lowest BCUT2D eigenvalue weighted by molar-refractivity contribution is 0.00666. The molecule has 3 rings (SSSR count). The van der Waals surface area contributed by atoms with Crippen LogP contribution >= 0.6 is 15.9 Å². The first-order valence-electron chi connectivity index (χ1n) is 9.10. The average Bonchev–Trinajstić information content (AvgIpc) is 2.55. The van der Waals surface area contributed by atoms with E-state index in [0.717, 1.165) is 43.5 Å². The number of piperidine rings is 2. The number of carbonyl (C=O) groups is 1. The predicted octanol–water partition coefficient (Wildman–Crippen LogP) is 4.46. The highest BCUT2D eigenvalue weighted by Gasteiger charge is 2.39. The molecule has 0 unspecified atom stereocenters. The van der Waals surface area contributed by atoms with Gasteiger partial charge >= 0.3 is 6.09 Å². The summed E-state index contributed by atoms with van der Waals surface area (Å²) in [6.07, 6.45) is 8.08. The van der Waals surface area contributed by atoms with E-state index in [-0.39, 0.29) is 6.09 Å². The summed E-state index contributed by atoms with van der Waals surface area (Å²) >= 11 is 3.60. The molecule has 2 aliphatic heterocycles. The number of hydrogen-bond acceptors (Lipinski definition) is 4. The molecule has 1 spiro atoms. The molecule has 2 saturated heterocycles. The van der Waals surface area contributed by atoms with Crippen molar-refractivity contribution in [2.24, 2.45) is 5.41 Å². The predicted molar refractivity (Wildman–Crippen MR) is 103 cm³/mol. The summed E-state index contributed by atoms with van der Waals surface area (Å²) in [5, 5.41) is 0. The summed E-state index contributed by atoms with van der Waals surface area (Å²) in [4.78, 5) is 20.7. The van der Waals surface area contributed by atoms with Crippen LogP contribution in [0, 0.1) is 5.41 Å². The van der Waals surface area contributed by atoms with E-state index in [4.69, 9.17) is 4.74 Å². The molecule has 0 N–H and O–H groups in total. The van der Waals surface area contributed by atoms with Crippen LogP contribution in [0.25, 0.3) is 0 Å². The third-order valence-corrected chi connectivity index (χ3v) is 6.00. The molecule has 25 heavy (non-hydrogen) atoms. The van der Waals surface area contributed by atoms with Gasteiger partial charge in [-0.25, -0.2) is 4.79 Å². The Hall–Kier alpha value is -1.30. The van der Waals surface area contributed by atoms with Crippen LogP contribution in [0.15, 0.2) is 22.9 Å². The molecule has 0 radical (unpaired) electrons. The fraction of sp³-hybridized carbons (Fsp3) is 0.684. The van der Waals surface area contributed by atoms with Gasteiger partial charge < -0.3 is 14.5 Å². The van der Waals surface area contributed by atoms with Crippen molar-refractivity contribution in [3.8, 4) is 0 Å². The van der Waals surface area contributed by atoms with Gasteiger partial charge in [-0.1, -0.05) is 0 Å². The highest BCUT2D eigenvalue weighted by molar-refractivity contribution is 9.10. The van der Waals surface area contributed by atoms with Gasteiger partial charge in [0.25, 0.3) is 0 Å². The quantitative estimate of drug-likeness (QED) is 0.686. The van der Waals surface area contributed by atoms with E-state index < -0.39 is 5.60 Å². The van der Waals surface area contributed by atoms with Crippen molar-refractivity contribution in [1.82, 2.24) is 9.88 Å². The molecule has 138 valence electrons. The Morgan fingerprint density at radius 2 is 1.76 bits per heavy atom. The van der Waals surface area contributed by atoms with Gasteiger partial charge in [0, 0.05) is 38.6 Å². The van der Waals surface area contributed by atoms with Crippen LogP contribution in [0.2, 0.25) is 0 Å². The van der Waals surface area contributed by atoms with Crippen molar-refractivity contribution < 1.29 is 9.53 Å². The summed E-state index contributed by atoms with van der Waals surface area (Å²) < 4.78 is 6.57. The van der Waals surface area contributed by atoms with Gasteiger partial charge in [-0.2, -0.15) is 0 Å². The standard InChI is InChI=1S/C19H28BrN3O2/c1-18(2,3)25-17(24)23-12-7-19(8-13-23)5-10-22(11-6-19)16-4-9-21-14-15(16)20/h4,9,14H,5-8,10-13H2,1-3H3. The molecule has 0 bridgehead atoms. The van der Waals surface area contributed by atoms with Crippen LogP contribution in [-0.4, -0.2) is 47.8 Å². The number of hydrogen-bond donors (Lipinski definition) is 0. The summed E-state index contributed by atoms with van der Waals surface area (Å²) in [5.41, 5.74) is 1.19. The highest BCUT2D eigenvalue weighted by Crippen LogP contribution is 2.43. The first-order chi connectivity index (χ1) is 11.8. The van der Waals surface area contributed by atoms with Gasteiger partial charge in [0.2, 0.25) is 0 Å². The second-order valence-electron chi connectivity index (χ2n) is 8.28. The van der Waals surface area contributed by atoms with Gasteiger partial charge in [0.15, 0.2) is 0 Å². The molecule has 0 aliphatic carbocycles. The lowest BCUT2D eigenvalue weighted by Crippen LogP contribution is -2.49. The maximum absolute atomic E-state index is 12.2. The van der Waals surface area contributed by atoms with Gasteiger partial charge in [-0.15, -0.1) is 0 Å². The van der Waals surface area contributed by atoms with Crippen molar-refractivity contribution in [3.05, 3.63) is 22.9 Å². The van der Waals surface area contributed by atoms with Crippen LogP contribution in [0.1, 0.15) is 46.5 Å². The molecule has 1 aromatic heterocycles. The van der Waals surface area contributed by atoms with E-state index in [1.165, 1.54) is 18.5 Å². The summed E-state index contributed by atoms with van der Waals surface area (Å²) in [7, 11) is 0. The molecule has 0 saturated carbocycles. The van der Waals surface area contributed by atoms with E-state index in [9.17, 15) is 4.79 Å². The zero-order valence-corrected chi connectivity index (χ0v) is 17.0. The largest absolute Gasteiger partial charge is 0.444 e. The molecule has 2 aliphatic rings. The van der Waals surface area contributed by atoms with Crippen LogP contribution in [0.5, 0.6) is 0 Å². The number of amides is 1. The SMILES string of the molecule is CC(C)(C)OC(=O)N1CCC2(CC1)CCN(c1ccncc1Br)CC2. The number of rotatable bonds is 1. The Morgan fingerprint density at radius 1 is 1.16 bits per heavy atom. The minimum absolute atomic E-state index is 0.166. The maximum atomic E-state index is 12.2. The first kappa shape index (κ1) is 18.5. The fourth-order valence-corrected chi connectivity index (χ4v) is 4.34. The zero-order chi connectivity index (χ0) is 18.1. The van der Waals surface area contributed by atoms with Crippen molar-refractivity contribution >= 4 is 27.7 Å². The Bertz CT molecular complexity index is 611. The van der Waals surface area contributed by atoms with Crippen LogP contribution in [-0.2, 0) is 4.74 Å². The number of carbonyl (C=O) groups excluding carboxylic acids is 1.